The van der Waals surface area contributed by atoms with Crippen molar-refractivity contribution in [2.24, 2.45) is 0 Å². The minimum atomic E-state index is -3.51. The van der Waals surface area contributed by atoms with Gasteiger partial charge < -0.3 is 45.1 Å². The third-order valence-electron chi connectivity index (χ3n) is 18.9. The molecule has 0 radical (unpaired) electrons. The Balaban J connectivity index is -0.000000103. The lowest BCUT2D eigenvalue weighted by Crippen LogP contribution is -2.48. The largest absolute Gasteiger partial charge is 0.481 e. The van der Waals surface area contributed by atoms with Crippen LogP contribution in [0.5, 0.6) is 0 Å². The number of hydrogen-bond acceptors (Lipinski definition) is 19. The Morgan fingerprint density at radius 2 is 0.407 bits per heavy atom. The number of carbonyl (C=O) groups is 5. The molecule has 0 saturated carbocycles. The van der Waals surface area contributed by atoms with E-state index in [2.05, 4.69) is 51.9 Å². The van der Waals surface area contributed by atoms with Crippen LogP contribution in [0.25, 0.3) is 0 Å². The standard InChI is InChI=1S/2C15H21NO4S.2C14H20N2O4S.C14H18N2O4S.20C2H6/c2*1-2-16-9-7-14(8-10-16)21(19,20)13-5-3-12(4-6-13)11-15(17)18;3*1-2-15-7-9-16(10-8-15)21(19,20)13-5-3-12(4-6-13)11-14(17)18;20*1-2/h2*3-6,14H,2,7-11H2,1H3,(H,17,18);2*3-6H,2,7-11H2,1H3,(H,17,18);3-7H,2,8-11H2,1H3;20*1-2H3/p+1. The summed E-state index contributed by atoms with van der Waals surface area (Å²) in [5, 5.41) is 42.9. The molecule has 0 atom stereocenters. The number of benzene rings is 5. The molecule has 0 bridgehead atoms. The number of sulfone groups is 2. The molecule has 5 aliphatic rings. The fourth-order valence-corrected chi connectivity index (χ4v) is 20.1. The second-order valence-corrected chi connectivity index (χ2v) is 36.1. The Labute approximate surface area is 892 Å². The molecule has 0 amide bonds. The van der Waals surface area contributed by atoms with Gasteiger partial charge in [0.2, 0.25) is 30.1 Å². The topological polar surface area (TPSA) is 383 Å². The lowest BCUT2D eigenvalue weighted by atomic mass is 10.1. The van der Waals surface area contributed by atoms with Crippen LogP contribution in [0.15, 0.2) is 146 Å². The summed E-state index contributed by atoms with van der Waals surface area (Å²) in [5.74, 6) is -4.63. The highest BCUT2D eigenvalue weighted by molar-refractivity contribution is 7.92. The van der Waals surface area contributed by atoms with Crippen LogP contribution in [0.1, 0.15) is 365 Å². The molecule has 4 saturated heterocycles. The molecule has 5 aromatic rings. The van der Waals surface area contributed by atoms with Gasteiger partial charge in [0.15, 0.2) is 32.4 Å². The summed E-state index contributed by atoms with van der Waals surface area (Å²) in [6.45, 7) is 105. The number of piperidine rings is 2. The highest BCUT2D eigenvalue weighted by Gasteiger charge is 2.35. The summed E-state index contributed by atoms with van der Waals surface area (Å²) in [6, 6.07) is 30.7. The molecule has 4 fully saturated rings. The van der Waals surface area contributed by atoms with E-state index in [-0.39, 0.29) is 57.3 Å². The number of likely N-dealkylation sites (N-methyl/N-ethyl adjacent to an activating group) is 3. The van der Waals surface area contributed by atoms with Crippen LogP contribution in [-0.4, -0.2) is 282 Å². The van der Waals surface area contributed by atoms with Gasteiger partial charge in [-0.2, -0.15) is 12.9 Å². The van der Waals surface area contributed by atoms with Gasteiger partial charge in [-0.1, -0.05) is 365 Å². The molecule has 145 heavy (non-hydrogen) atoms. The molecule has 28 nitrogen and oxygen atoms in total. The predicted molar refractivity (Wildman–Crippen MR) is 623 cm³/mol. The van der Waals surface area contributed by atoms with Gasteiger partial charge in [-0.25, -0.2) is 46.7 Å². The van der Waals surface area contributed by atoms with Crippen LogP contribution < -0.4 is 0 Å². The monoisotopic (exact) mass is 2160 g/mol. The zero-order chi connectivity index (χ0) is 117. The Morgan fingerprint density at radius 3 is 0.559 bits per heavy atom. The van der Waals surface area contributed by atoms with Crippen LogP contribution in [0.2, 0.25) is 0 Å². The fourth-order valence-electron chi connectivity index (χ4n) is 12.4. The Kier molecular flexibility index (Phi) is 136. The average molecular weight is 2160 g/mol. The third-order valence-corrected chi connectivity index (χ3v) is 29.2. The average Bonchev–Trinajstić information content (AvgIpc) is 0.824. The Bertz CT molecular complexity index is 3870. The van der Waals surface area contributed by atoms with E-state index in [1.165, 1.54) is 73.6 Å². The summed E-state index contributed by atoms with van der Waals surface area (Å²) in [5.41, 5.74) is 3.00. The number of rotatable bonds is 25. The number of hydrogen-bond donors (Lipinski definition) is 5. The molecule has 5 aliphatic heterocycles. The van der Waals surface area contributed by atoms with Gasteiger partial charge in [-0.05, 0) is 173 Å². The van der Waals surface area contributed by atoms with E-state index in [0.717, 1.165) is 85.1 Å². The van der Waals surface area contributed by atoms with Crippen molar-refractivity contribution < 1.29 is 96.2 Å². The van der Waals surface area contributed by atoms with Gasteiger partial charge in [-0.3, -0.25) is 24.0 Å². The van der Waals surface area contributed by atoms with Gasteiger partial charge in [0.25, 0.3) is 0 Å². The van der Waals surface area contributed by atoms with E-state index in [1.807, 2.05) is 290 Å². The van der Waals surface area contributed by atoms with Crippen molar-refractivity contribution in [3.63, 3.8) is 0 Å². The van der Waals surface area contributed by atoms with Gasteiger partial charge in [0, 0.05) is 52.4 Å². The highest BCUT2D eigenvalue weighted by Crippen LogP contribution is 2.28. The predicted octanol–water partition coefficient (Wildman–Crippen LogP) is 25.4. The molecule has 33 heteroatoms. The summed E-state index contributed by atoms with van der Waals surface area (Å²) in [6.07, 6.45) is 4.04. The minimum absolute atomic E-state index is 0.0881. The first-order chi connectivity index (χ1) is 69.6. The van der Waals surface area contributed by atoms with Crippen LogP contribution in [-0.2, 0) is 106 Å². The summed E-state index contributed by atoms with van der Waals surface area (Å²) in [7, 11) is -17.1. The molecular weight excluding hydrogens is 1940 g/mol. The first-order valence-corrected chi connectivity index (χ1v) is 62.6. The minimum Gasteiger partial charge on any atom is -0.481 e. The van der Waals surface area contributed by atoms with E-state index in [0.29, 0.717) is 109 Å². The first-order valence-electron chi connectivity index (χ1n) is 55.1. The van der Waals surface area contributed by atoms with Crippen molar-refractivity contribution in [1.29, 1.82) is 0 Å². The van der Waals surface area contributed by atoms with E-state index in [4.69, 9.17) is 25.5 Å². The van der Waals surface area contributed by atoms with Crippen molar-refractivity contribution in [2.75, 3.05) is 131 Å². The first kappa shape index (κ1) is 171. The number of aliphatic carboxylic acids is 5. The third kappa shape index (κ3) is 74.2. The molecular formula is C112H221N8O20S5+. The normalized spacial score (nSPS) is 13.5. The van der Waals surface area contributed by atoms with Gasteiger partial charge in [0.1, 0.15) is 6.54 Å². The van der Waals surface area contributed by atoms with Gasteiger partial charge in [0.05, 0.1) is 80.2 Å². The quantitative estimate of drug-likeness (QED) is 0.0339. The van der Waals surface area contributed by atoms with Crippen molar-refractivity contribution in [3.8, 4) is 0 Å². The van der Waals surface area contributed by atoms with Crippen molar-refractivity contribution in [3.05, 3.63) is 149 Å². The Hall–Kier alpha value is -7.41. The number of piperazine rings is 2. The van der Waals surface area contributed by atoms with Gasteiger partial charge >= 0.3 is 29.8 Å². The molecule has 0 spiro atoms. The smallest absolute Gasteiger partial charge is 0.307 e. The molecule has 858 valence electrons. The summed E-state index contributed by atoms with van der Waals surface area (Å²) < 4.78 is 132. The van der Waals surface area contributed by atoms with Crippen LogP contribution in [0.3, 0.4) is 0 Å². The number of nitrogens with zero attached hydrogens (tertiary/aromatic N) is 8. The fraction of sp³-hybridized carbons (Fsp3) is 0.679. The zero-order valence-corrected chi connectivity index (χ0v) is 104. The SMILES string of the molecule is CC.CC.CC.CC.CC.CC.CC.CC.CC.CC.CC.CC.CC.CC.CC.CC.CC.CC.CC.CC.CCN1CCC(S(=O)(=O)c2ccc(CC(=O)O)cc2)CC1.CCN1CCC(S(=O)(=O)c2ccc(CC(=O)O)cc2)CC1.CCN1CCN(S(=O)(=O)c2ccc(CC(=O)O)cc2)CC1.CCN1CCN(S(=O)(=O)c2ccc(CC(=O)O)cc2)CC1.CC[N+]1=CCN(S(=O)(=O)c2ccc(CC(=O)O)cc2)CC1. The van der Waals surface area contributed by atoms with E-state index >= 15 is 0 Å². The number of carboxylic acid groups (broad SMARTS) is 5. The highest BCUT2D eigenvalue weighted by atomic mass is 32.2. The van der Waals surface area contributed by atoms with Crippen LogP contribution in [0.4, 0.5) is 0 Å². The zero-order valence-electron chi connectivity index (χ0n) is 100. The molecule has 0 unspecified atom stereocenters. The molecule has 0 aliphatic carbocycles. The summed E-state index contributed by atoms with van der Waals surface area (Å²) >= 11 is 0. The second kappa shape index (κ2) is 115. The molecule has 5 heterocycles. The molecule has 0 aromatic heterocycles. The number of likely N-dealkylation sites (tertiary alicyclic amines) is 2. The summed E-state index contributed by atoms with van der Waals surface area (Å²) in [4.78, 5) is 63.3. The van der Waals surface area contributed by atoms with E-state index in [9.17, 15) is 66.1 Å². The van der Waals surface area contributed by atoms with Crippen molar-refractivity contribution >= 4 is 85.8 Å². The van der Waals surface area contributed by atoms with E-state index in [1.54, 1.807) is 60.7 Å². The van der Waals surface area contributed by atoms with Crippen molar-refractivity contribution in [1.82, 2.24) is 32.5 Å². The maximum absolute atomic E-state index is 12.6. The second-order valence-electron chi connectivity index (χ2n) is 25.8. The Morgan fingerprint density at radius 1 is 0.241 bits per heavy atom. The van der Waals surface area contributed by atoms with Gasteiger partial charge in [-0.15, -0.1) is 0 Å². The molecule has 5 aromatic carbocycles. The molecule has 10 rings (SSSR count). The molecule has 5 N–H and O–H groups in total. The lowest BCUT2D eigenvalue weighted by molar-refractivity contribution is -0.524. The number of carboxylic acids is 5. The van der Waals surface area contributed by atoms with Crippen LogP contribution in [0, 0.1) is 0 Å². The maximum Gasteiger partial charge on any atom is 0.307 e. The number of sulfonamides is 3. The van der Waals surface area contributed by atoms with E-state index < -0.39 is 79.6 Å². The maximum atomic E-state index is 12.6. The van der Waals surface area contributed by atoms with Crippen LogP contribution >= 0.6 is 0 Å². The van der Waals surface area contributed by atoms with Crippen molar-refractivity contribution in [2.45, 2.75) is 404 Å². The lowest BCUT2D eigenvalue weighted by Gasteiger charge is -2.33.